The third-order valence-electron chi connectivity index (χ3n) is 3.19. The summed E-state index contributed by atoms with van der Waals surface area (Å²) in [5.74, 6) is -0.450. The van der Waals surface area contributed by atoms with Crippen LogP contribution in [0.4, 0.5) is 0 Å². The van der Waals surface area contributed by atoms with Gasteiger partial charge in [-0.2, -0.15) is 9.98 Å². The molecule has 0 aliphatic carbocycles. The summed E-state index contributed by atoms with van der Waals surface area (Å²) in [4.78, 5) is 12.3. The molecule has 0 aliphatic heterocycles. The van der Waals surface area contributed by atoms with Crippen LogP contribution >= 0.6 is 11.3 Å². The van der Waals surface area contributed by atoms with E-state index in [2.05, 4.69) is 10.0 Å². The molecule has 8 heteroatoms. The number of benzene rings is 1. The Kier molecular flexibility index (Phi) is 6.49. The maximum atomic E-state index is 12.4. The van der Waals surface area contributed by atoms with Crippen LogP contribution in [0.5, 0.6) is 0 Å². The molecule has 126 valence electrons. The van der Waals surface area contributed by atoms with Gasteiger partial charge in [0.25, 0.3) is 10.0 Å². The van der Waals surface area contributed by atoms with E-state index >= 15 is 0 Å². The zero-order chi connectivity index (χ0) is 17.4. The molecule has 0 saturated heterocycles. The number of thiophene rings is 1. The second-order valence-corrected chi connectivity index (χ2v) is 7.88. The molecule has 0 bridgehead atoms. The minimum atomic E-state index is -3.77. The zero-order valence-corrected chi connectivity index (χ0v) is 14.4. The Labute approximate surface area is 145 Å². The molecule has 1 aromatic heterocycles. The minimum absolute atomic E-state index is 0.158. The van der Waals surface area contributed by atoms with Crippen molar-refractivity contribution in [1.29, 1.82) is 5.26 Å². The molecule has 1 atom stereocenters. The number of nitriles is 1. The third kappa shape index (κ3) is 5.16. The maximum absolute atomic E-state index is 12.4. The average Bonchev–Trinajstić information content (AvgIpc) is 3.10. The summed E-state index contributed by atoms with van der Waals surface area (Å²) in [7, 11) is -3.77. The normalized spacial score (nSPS) is 12.3. The van der Waals surface area contributed by atoms with E-state index < -0.39 is 22.0 Å². The summed E-state index contributed by atoms with van der Waals surface area (Å²) >= 11 is 1.09. The number of carbonyl (C=O) groups excluding carboxylic acids is 1. The SMILES string of the molecule is N#CCCNC(=O)C(Cc1ccccc1)NS(=O)(=O)c1cccs1. The van der Waals surface area contributed by atoms with E-state index in [0.29, 0.717) is 0 Å². The van der Waals surface area contributed by atoms with Crippen molar-refractivity contribution in [3.05, 3.63) is 53.4 Å². The van der Waals surface area contributed by atoms with Crippen molar-refractivity contribution in [2.75, 3.05) is 6.54 Å². The van der Waals surface area contributed by atoms with Crippen molar-refractivity contribution in [2.24, 2.45) is 0 Å². The Morgan fingerprint density at radius 3 is 2.58 bits per heavy atom. The van der Waals surface area contributed by atoms with E-state index in [4.69, 9.17) is 5.26 Å². The summed E-state index contributed by atoms with van der Waals surface area (Å²) in [6.07, 6.45) is 0.394. The predicted octanol–water partition coefficient (Wildman–Crippen LogP) is 1.67. The first-order valence-corrected chi connectivity index (χ1v) is 9.63. The first kappa shape index (κ1) is 18.1. The van der Waals surface area contributed by atoms with E-state index in [0.717, 1.165) is 16.9 Å². The van der Waals surface area contributed by atoms with Crippen molar-refractivity contribution in [3.8, 4) is 6.07 Å². The van der Waals surface area contributed by atoms with E-state index in [9.17, 15) is 13.2 Å². The van der Waals surface area contributed by atoms with Gasteiger partial charge in [0.15, 0.2) is 0 Å². The third-order valence-corrected chi connectivity index (χ3v) is 6.06. The molecule has 2 aromatic rings. The van der Waals surface area contributed by atoms with Crippen LogP contribution in [0.1, 0.15) is 12.0 Å². The number of rotatable bonds is 8. The molecule has 1 unspecified atom stereocenters. The zero-order valence-electron chi connectivity index (χ0n) is 12.8. The van der Waals surface area contributed by atoms with Gasteiger partial charge in [-0.3, -0.25) is 4.79 Å². The maximum Gasteiger partial charge on any atom is 0.250 e. The van der Waals surface area contributed by atoms with Crippen molar-refractivity contribution in [1.82, 2.24) is 10.0 Å². The molecule has 1 amide bonds. The van der Waals surface area contributed by atoms with Crippen molar-refractivity contribution < 1.29 is 13.2 Å². The molecule has 0 aliphatic rings. The van der Waals surface area contributed by atoms with Crippen LogP contribution in [-0.2, 0) is 21.2 Å². The van der Waals surface area contributed by atoms with Gasteiger partial charge < -0.3 is 5.32 Å². The average molecular weight is 363 g/mol. The van der Waals surface area contributed by atoms with Crippen molar-refractivity contribution in [3.63, 3.8) is 0 Å². The van der Waals surface area contributed by atoms with Crippen LogP contribution in [0.25, 0.3) is 0 Å². The molecular formula is C16H17N3O3S2. The second-order valence-electron chi connectivity index (χ2n) is 4.99. The van der Waals surface area contributed by atoms with Crippen LogP contribution in [0.15, 0.2) is 52.1 Å². The summed E-state index contributed by atoms with van der Waals surface area (Å²) in [5.41, 5.74) is 0.840. The number of amides is 1. The van der Waals surface area contributed by atoms with E-state index in [1.165, 1.54) is 6.07 Å². The van der Waals surface area contributed by atoms with Gasteiger partial charge in [-0.05, 0) is 23.4 Å². The van der Waals surface area contributed by atoms with Gasteiger partial charge >= 0.3 is 0 Å². The molecule has 0 saturated carbocycles. The first-order chi connectivity index (χ1) is 11.5. The number of hydrogen-bond donors (Lipinski definition) is 2. The van der Waals surface area contributed by atoms with Gasteiger partial charge in [-0.1, -0.05) is 36.4 Å². The highest BCUT2D eigenvalue weighted by atomic mass is 32.2. The largest absolute Gasteiger partial charge is 0.354 e. The number of sulfonamides is 1. The number of nitrogens with zero attached hydrogens (tertiary/aromatic N) is 1. The lowest BCUT2D eigenvalue weighted by Gasteiger charge is -2.18. The Balaban J connectivity index is 2.16. The number of nitrogens with one attached hydrogen (secondary N) is 2. The smallest absolute Gasteiger partial charge is 0.250 e. The van der Waals surface area contributed by atoms with E-state index in [1.54, 1.807) is 11.4 Å². The number of carbonyl (C=O) groups is 1. The first-order valence-electron chi connectivity index (χ1n) is 7.27. The van der Waals surface area contributed by atoms with Crippen LogP contribution in [-0.4, -0.2) is 26.9 Å². The Hall–Kier alpha value is -2.21. The van der Waals surface area contributed by atoms with E-state index in [1.807, 2.05) is 36.4 Å². The van der Waals surface area contributed by atoms with Gasteiger partial charge in [0.05, 0.1) is 12.5 Å². The highest BCUT2D eigenvalue weighted by molar-refractivity contribution is 7.91. The number of hydrogen-bond acceptors (Lipinski definition) is 5. The van der Waals surface area contributed by atoms with E-state index in [-0.39, 0.29) is 23.6 Å². The lowest BCUT2D eigenvalue weighted by Crippen LogP contribution is -2.48. The molecule has 0 spiro atoms. The predicted molar refractivity (Wildman–Crippen MR) is 91.8 cm³/mol. The molecule has 1 heterocycles. The summed E-state index contributed by atoms with van der Waals surface area (Å²) in [6.45, 7) is 0.182. The summed E-state index contributed by atoms with van der Waals surface area (Å²) < 4.78 is 27.4. The molecule has 1 aromatic carbocycles. The van der Waals surface area contributed by atoms with Gasteiger partial charge in [0.1, 0.15) is 10.3 Å². The lowest BCUT2D eigenvalue weighted by molar-refractivity contribution is -0.122. The fraction of sp³-hybridized carbons (Fsp3) is 0.250. The summed E-state index contributed by atoms with van der Waals surface area (Å²) in [6, 6.07) is 13.3. The van der Waals surface area contributed by atoms with Crippen molar-refractivity contribution in [2.45, 2.75) is 23.1 Å². The lowest BCUT2D eigenvalue weighted by atomic mass is 10.1. The molecule has 24 heavy (non-hydrogen) atoms. The minimum Gasteiger partial charge on any atom is -0.354 e. The molecule has 0 fully saturated rings. The molecular weight excluding hydrogens is 346 g/mol. The van der Waals surface area contributed by atoms with Gasteiger partial charge in [-0.15, -0.1) is 11.3 Å². The van der Waals surface area contributed by atoms with Gasteiger partial charge in [0, 0.05) is 6.54 Å². The highest BCUT2D eigenvalue weighted by Gasteiger charge is 2.26. The fourth-order valence-electron chi connectivity index (χ4n) is 2.06. The van der Waals surface area contributed by atoms with Crippen molar-refractivity contribution >= 4 is 27.3 Å². The topological polar surface area (TPSA) is 99.1 Å². The van der Waals surface area contributed by atoms with Gasteiger partial charge in [-0.25, -0.2) is 8.42 Å². The standard InChI is InChI=1S/C16H17N3O3S2/c17-9-5-10-18-16(20)14(12-13-6-2-1-3-7-13)19-24(21,22)15-8-4-11-23-15/h1-4,6-8,11,14,19H,5,10,12H2,(H,18,20). The van der Waals surface area contributed by atoms with Crippen LogP contribution in [0.2, 0.25) is 0 Å². The van der Waals surface area contributed by atoms with Crippen LogP contribution in [0.3, 0.4) is 0 Å². The summed E-state index contributed by atoms with van der Waals surface area (Å²) in [5, 5.41) is 12.8. The monoisotopic (exact) mass is 363 g/mol. The Morgan fingerprint density at radius 1 is 1.21 bits per heavy atom. The second kappa shape index (κ2) is 8.59. The molecule has 0 radical (unpaired) electrons. The molecule has 6 nitrogen and oxygen atoms in total. The fourth-order valence-corrected chi connectivity index (χ4v) is 4.27. The quantitative estimate of drug-likeness (QED) is 0.697. The van der Waals surface area contributed by atoms with Crippen LogP contribution < -0.4 is 10.0 Å². The molecule has 2 rings (SSSR count). The van der Waals surface area contributed by atoms with Crippen LogP contribution in [0, 0.1) is 11.3 Å². The van der Waals surface area contributed by atoms with Gasteiger partial charge in [0.2, 0.25) is 5.91 Å². The Morgan fingerprint density at radius 2 is 1.96 bits per heavy atom. The highest BCUT2D eigenvalue weighted by Crippen LogP contribution is 2.16. The molecule has 2 N–H and O–H groups in total. The Bertz CT molecular complexity index is 797.